The summed E-state index contributed by atoms with van der Waals surface area (Å²) in [6, 6.07) is 14.3. The van der Waals surface area contributed by atoms with Crippen LogP contribution in [0, 0.1) is 13.8 Å². The second kappa shape index (κ2) is 10.0. The van der Waals surface area contributed by atoms with Crippen LogP contribution in [0.25, 0.3) is 0 Å². The minimum atomic E-state index is -0.486. The molecule has 4 nitrogen and oxygen atoms in total. The maximum absolute atomic E-state index is 12.6. The molecule has 0 spiro atoms. The van der Waals surface area contributed by atoms with Gasteiger partial charge in [0.2, 0.25) is 0 Å². The first-order valence-electron chi connectivity index (χ1n) is 9.84. The summed E-state index contributed by atoms with van der Waals surface area (Å²) >= 11 is 0. The highest BCUT2D eigenvalue weighted by Crippen LogP contribution is 2.22. The number of ether oxygens (including phenoxy) is 1. The van der Waals surface area contributed by atoms with E-state index >= 15 is 0 Å². The van der Waals surface area contributed by atoms with Gasteiger partial charge in [0.25, 0.3) is 5.91 Å². The summed E-state index contributed by atoms with van der Waals surface area (Å²) < 4.78 is 5.99. The Bertz CT molecular complexity index is 737. The van der Waals surface area contributed by atoms with Crippen LogP contribution in [0.5, 0.6) is 5.75 Å². The second-order valence-electron chi connectivity index (χ2n) is 6.77. The van der Waals surface area contributed by atoms with E-state index in [4.69, 9.17) is 4.74 Å². The van der Waals surface area contributed by atoms with Crippen LogP contribution in [0.4, 0.5) is 5.69 Å². The molecular formula is C23H32N2O2. The van der Waals surface area contributed by atoms with Crippen LogP contribution in [0.15, 0.2) is 42.5 Å². The van der Waals surface area contributed by atoms with Crippen molar-refractivity contribution in [1.82, 2.24) is 5.32 Å². The molecule has 0 aliphatic carbocycles. The molecule has 2 aromatic carbocycles. The highest BCUT2D eigenvalue weighted by molar-refractivity contribution is 5.81. The van der Waals surface area contributed by atoms with Gasteiger partial charge in [-0.25, -0.2) is 0 Å². The third-order valence-corrected chi connectivity index (χ3v) is 5.02. The van der Waals surface area contributed by atoms with Crippen molar-refractivity contribution in [2.75, 3.05) is 18.0 Å². The summed E-state index contributed by atoms with van der Waals surface area (Å²) in [6.07, 6.45) is 0.139. The molecule has 0 radical (unpaired) electrons. The van der Waals surface area contributed by atoms with Crippen molar-refractivity contribution < 1.29 is 9.53 Å². The topological polar surface area (TPSA) is 41.6 Å². The summed E-state index contributed by atoms with van der Waals surface area (Å²) in [5.41, 5.74) is 4.53. The third kappa shape index (κ3) is 5.49. The molecule has 0 saturated carbocycles. The van der Waals surface area contributed by atoms with Gasteiger partial charge in [-0.15, -0.1) is 0 Å². The normalized spacial score (nSPS) is 11.7. The molecule has 1 amide bonds. The number of anilines is 1. The molecule has 0 saturated heterocycles. The van der Waals surface area contributed by atoms with Crippen molar-refractivity contribution in [2.45, 2.75) is 53.7 Å². The first kappa shape index (κ1) is 20.8. The standard InChI is InChI=1S/C23H32N2O2/c1-6-21(27-22-11-9-10-17(4)18(22)5)23(26)24-16-19-12-14-20(15-13-19)25(7-2)8-3/h9-15,21H,6-8,16H2,1-5H3,(H,24,26)/t21-/m0/s1. The zero-order valence-corrected chi connectivity index (χ0v) is 17.2. The van der Waals surface area contributed by atoms with Gasteiger partial charge in [-0.2, -0.15) is 0 Å². The van der Waals surface area contributed by atoms with Crippen LogP contribution in [-0.4, -0.2) is 25.1 Å². The maximum atomic E-state index is 12.6. The highest BCUT2D eigenvalue weighted by Gasteiger charge is 2.19. The van der Waals surface area contributed by atoms with E-state index in [9.17, 15) is 4.79 Å². The van der Waals surface area contributed by atoms with Gasteiger partial charge < -0.3 is 15.0 Å². The number of nitrogens with zero attached hydrogens (tertiary/aromatic N) is 1. The van der Waals surface area contributed by atoms with Crippen molar-refractivity contribution in [3.05, 3.63) is 59.2 Å². The minimum absolute atomic E-state index is 0.0776. The summed E-state index contributed by atoms with van der Waals surface area (Å²) in [4.78, 5) is 14.9. The average molecular weight is 369 g/mol. The van der Waals surface area contributed by atoms with Gasteiger partial charge in [-0.1, -0.05) is 31.2 Å². The maximum Gasteiger partial charge on any atom is 0.261 e. The van der Waals surface area contributed by atoms with Crippen LogP contribution >= 0.6 is 0 Å². The Labute approximate surface area is 163 Å². The average Bonchev–Trinajstić information content (AvgIpc) is 2.69. The number of benzene rings is 2. The van der Waals surface area contributed by atoms with Gasteiger partial charge in [-0.05, 0) is 69.0 Å². The Hall–Kier alpha value is -2.49. The zero-order valence-electron chi connectivity index (χ0n) is 17.2. The molecule has 1 atom stereocenters. The second-order valence-corrected chi connectivity index (χ2v) is 6.77. The fourth-order valence-electron chi connectivity index (χ4n) is 3.04. The summed E-state index contributed by atoms with van der Waals surface area (Å²) in [5, 5.41) is 3.00. The van der Waals surface area contributed by atoms with Crippen LogP contribution in [0.2, 0.25) is 0 Å². The van der Waals surface area contributed by atoms with Gasteiger partial charge in [-0.3, -0.25) is 4.79 Å². The molecule has 2 aromatic rings. The van der Waals surface area contributed by atoms with E-state index in [0.29, 0.717) is 13.0 Å². The molecule has 4 heteroatoms. The lowest BCUT2D eigenvalue weighted by Gasteiger charge is -2.21. The predicted molar refractivity (Wildman–Crippen MR) is 112 cm³/mol. The smallest absolute Gasteiger partial charge is 0.261 e. The third-order valence-electron chi connectivity index (χ3n) is 5.02. The zero-order chi connectivity index (χ0) is 19.8. The van der Waals surface area contributed by atoms with Crippen molar-refractivity contribution in [2.24, 2.45) is 0 Å². The van der Waals surface area contributed by atoms with E-state index < -0.39 is 6.10 Å². The number of carbonyl (C=O) groups is 1. The molecule has 27 heavy (non-hydrogen) atoms. The molecule has 0 aromatic heterocycles. The Morgan fingerprint density at radius 3 is 2.30 bits per heavy atom. The lowest BCUT2D eigenvalue weighted by molar-refractivity contribution is -0.128. The van der Waals surface area contributed by atoms with Crippen LogP contribution in [0.3, 0.4) is 0 Å². The largest absolute Gasteiger partial charge is 0.480 e. The molecule has 0 aliphatic rings. The van der Waals surface area contributed by atoms with E-state index in [0.717, 1.165) is 35.5 Å². The summed E-state index contributed by atoms with van der Waals surface area (Å²) in [6.45, 7) is 12.8. The van der Waals surface area contributed by atoms with Gasteiger partial charge in [0.1, 0.15) is 5.75 Å². The monoisotopic (exact) mass is 368 g/mol. The van der Waals surface area contributed by atoms with Gasteiger partial charge in [0, 0.05) is 25.3 Å². The fourth-order valence-corrected chi connectivity index (χ4v) is 3.04. The molecule has 0 heterocycles. The molecular weight excluding hydrogens is 336 g/mol. The molecule has 0 bridgehead atoms. The number of hydrogen-bond donors (Lipinski definition) is 1. The highest BCUT2D eigenvalue weighted by atomic mass is 16.5. The van der Waals surface area contributed by atoms with Gasteiger partial charge in [0.05, 0.1) is 0 Å². The number of rotatable bonds is 9. The molecule has 2 rings (SSSR count). The molecule has 1 N–H and O–H groups in total. The van der Waals surface area contributed by atoms with Gasteiger partial charge >= 0.3 is 0 Å². The number of carbonyl (C=O) groups excluding carboxylic acids is 1. The van der Waals surface area contributed by atoms with E-state index in [2.05, 4.69) is 48.3 Å². The van der Waals surface area contributed by atoms with E-state index in [1.807, 2.05) is 39.0 Å². The number of hydrogen-bond acceptors (Lipinski definition) is 3. The van der Waals surface area contributed by atoms with Crippen LogP contribution < -0.4 is 15.0 Å². The summed E-state index contributed by atoms with van der Waals surface area (Å²) in [7, 11) is 0. The lowest BCUT2D eigenvalue weighted by Crippen LogP contribution is -2.37. The first-order valence-corrected chi connectivity index (χ1v) is 9.84. The number of aryl methyl sites for hydroxylation is 1. The van der Waals surface area contributed by atoms with Crippen molar-refractivity contribution >= 4 is 11.6 Å². The minimum Gasteiger partial charge on any atom is -0.480 e. The lowest BCUT2D eigenvalue weighted by atomic mass is 10.1. The molecule has 146 valence electrons. The van der Waals surface area contributed by atoms with Crippen molar-refractivity contribution in [3.63, 3.8) is 0 Å². The number of nitrogens with one attached hydrogen (secondary N) is 1. The Morgan fingerprint density at radius 1 is 1.04 bits per heavy atom. The van der Waals surface area contributed by atoms with E-state index in [1.54, 1.807) is 0 Å². The van der Waals surface area contributed by atoms with Crippen LogP contribution in [-0.2, 0) is 11.3 Å². The van der Waals surface area contributed by atoms with Crippen LogP contribution in [0.1, 0.15) is 43.9 Å². The molecule has 0 unspecified atom stereocenters. The molecule has 0 fully saturated rings. The predicted octanol–water partition coefficient (Wildman–Crippen LogP) is 4.62. The quantitative estimate of drug-likeness (QED) is 0.702. The summed E-state index contributed by atoms with van der Waals surface area (Å²) in [5.74, 6) is 0.701. The first-order chi connectivity index (χ1) is 13.0. The van der Waals surface area contributed by atoms with Gasteiger partial charge in [0.15, 0.2) is 6.10 Å². The Morgan fingerprint density at radius 2 is 1.70 bits per heavy atom. The van der Waals surface area contributed by atoms with Crippen molar-refractivity contribution in [3.8, 4) is 5.75 Å². The Balaban J connectivity index is 1.95. The van der Waals surface area contributed by atoms with E-state index in [1.165, 1.54) is 5.69 Å². The van der Waals surface area contributed by atoms with E-state index in [-0.39, 0.29) is 5.91 Å². The number of amides is 1. The SMILES string of the molecule is CC[C@H](Oc1cccc(C)c1C)C(=O)NCc1ccc(N(CC)CC)cc1. The fraction of sp³-hybridized carbons (Fsp3) is 0.435. The van der Waals surface area contributed by atoms with Crippen molar-refractivity contribution in [1.29, 1.82) is 0 Å². The Kier molecular flexibility index (Phi) is 7.71. The molecule has 0 aliphatic heterocycles.